The first-order valence-electron chi connectivity index (χ1n) is 14.6. The van der Waals surface area contributed by atoms with E-state index >= 15 is 0 Å². The van der Waals surface area contributed by atoms with Crippen molar-refractivity contribution in [2.24, 2.45) is 0 Å². The van der Waals surface area contributed by atoms with Gasteiger partial charge in [0.2, 0.25) is 0 Å². The summed E-state index contributed by atoms with van der Waals surface area (Å²) in [6.45, 7) is 13.7. The lowest BCUT2D eigenvalue weighted by Gasteiger charge is -2.47. The topological polar surface area (TPSA) is 6.48 Å². The van der Waals surface area contributed by atoms with Crippen LogP contribution in [0.3, 0.4) is 0 Å². The van der Waals surface area contributed by atoms with Crippen LogP contribution in [0, 0.1) is 0 Å². The van der Waals surface area contributed by atoms with Crippen molar-refractivity contribution in [2.75, 3.05) is 9.80 Å². The second-order valence-corrected chi connectivity index (χ2v) is 13.2. The van der Waals surface area contributed by atoms with Gasteiger partial charge in [0.25, 0.3) is 0 Å². The van der Waals surface area contributed by atoms with Crippen molar-refractivity contribution in [3.63, 3.8) is 0 Å². The first kappa shape index (κ1) is 26.9. The van der Waals surface area contributed by atoms with Crippen molar-refractivity contribution in [1.82, 2.24) is 0 Å². The molecule has 2 heteroatoms. The number of fused-ring (bicyclic) bond motifs is 1. The summed E-state index contributed by atoms with van der Waals surface area (Å²) in [6.07, 6.45) is 0. The Hall–Kier alpha value is -4.30. The molecule has 0 aliphatic carbocycles. The molecule has 0 amide bonds. The molecule has 1 aliphatic rings. The molecule has 0 saturated heterocycles. The van der Waals surface area contributed by atoms with E-state index in [0.29, 0.717) is 0 Å². The van der Waals surface area contributed by atoms with Crippen LogP contribution in [-0.2, 0) is 16.5 Å². The lowest BCUT2D eigenvalue weighted by Crippen LogP contribution is -2.51. The molecule has 0 saturated carbocycles. The van der Waals surface area contributed by atoms with Crippen molar-refractivity contribution >= 4 is 22.7 Å². The third-order valence-electron chi connectivity index (χ3n) is 8.35. The number of nitrogens with zero attached hydrogens (tertiary/aromatic N) is 2. The standard InChI is InChI=1S/C39H40N2/c1-37(2,3)29-21-25-31(26-22-29)39(32-27-23-30(24-28-32)38(4,5)6)40(33-15-9-7-10-16-33)35-19-13-14-20-36(35)41(39)34-17-11-8-12-18-34/h7-28H,1-6H3. The van der Waals surface area contributed by atoms with Gasteiger partial charge in [-0.1, -0.05) is 139 Å². The zero-order valence-corrected chi connectivity index (χ0v) is 25.1. The molecule has 5 aromatic rings. The first-order valence-corrected chi connectivity index (χ1v) is 14.6. The van der Waals surface area contributed by atoms with Crippen LogP contribution in [0.1, 0.15) is 63.8 Å². The van der Waals surface area contributed by atoms with Crippen LogP contribution in [0.5, 0.6) is 0 Å². The molecule has 0 bridgehead atoms. The highest BCUT2D eigenvalue weighted by Crippen LogP contribution is 2.59. The lowest BCUT2D eigenvalue weighted by molar-refractivity contribution is 0.552. The molecule has 206 valence electrons. The molecule has 1 heterocycles. The van der Waals surface area contributed by atoms with Crippen molar-refractivity contribution in [3.8, 4) is 0 Å². The van der Waals surface area contributed by atoms with Gasteiger partial charge in [-0.3, -0.25) is 0 Å². The van der Waals surface area contributed by atoms with Crippen LogP contribution >= 0.6 is 0 Å². The molecular formula is C39H40N2. The van der Waals surface area contributed by atoms with Crippen molar-refractivity contribution < 1.29 is 0 Å². The van der Waals surface area contributed by atoms with E-state index in [4.69, 9.17) is 0 Å². The Morgan fingerprint density at radius 3 is 1.02 bits per heavy atom. The molecule has 0 N–H and O–H groups in total. The van der Waals surface area contributed by atoms with Crippen molar-refractivity contribution in [2.45, 2.75) is 58.0 Å². The third-order valence-corrected chi connectivity index (χ3v) is 8.35. The maximum Gasteiger partial charge on any atom is 0.175 e. The summed E-state index contributed by atoms with van der Waals surface area (Å²) in [6, 6.07) is 49.1. The van der Waals surface area contributed by atoms with E-state index in [1.807, 2.05) is 0 Å². The minimum absolute atomic E-state index is 0.0664. The van der Waals surface area contributed by atoms with Crippen LogP contribution in [0.2, 0.25) is 0 Å². The zero-order valence-electron chi connectivity index (χ0n) is 25.1. The fraction of sp³-hybridized carbons (Fsp3) is 0.231. The Morgan fingerprint density at radius 2 is 0.707 bits per heavy atom. The van der Waals surface area contributed by atoms with Crippen LogP contribution in [0.25, 0.3) is 0 Å². The Labute approximate surface area is 245 Å². The summed E-state index contributed by atoms with van der Waals surface area (Å²) in [4.78, 5) is 5.07. The molecule has 0 spiro atoms. The van der Waals surface area contributed by atoms with E-state index in [2.05, 4.69) is 185 Å². The summed E-state index contributed by atoms with van der Waals surface area (Å²) in [7, 11) is 0. The van der Waals surface area contributed by atoms with E-state index in [1.54, 1.807) is 0 Å². The van der Waals surface area contributed by atoms with Crippen molar-refractivity contribution in [3.05, 3.63) is 156 Å². The Kier molecular flexibility index (Phi) is 6.53. The lowest BCUT2D eigenvalue weighted by atomic mass is 9.81. The fourth-order valence-electron chi connectivity index (χ4n) is 6.19. The summed E-state index contributed by atoms with van der Waals surface area (Å²) in [5, 5.41) is 0. The molecule has 0 aromatic heterocycles. The van der Waals surface area contributed by atoms with Crippen LogP contribution in [0.15, 0.2) is 133 Å². The maximum absolute atomic E-state index is 2.54. The Balaban J connectivity index is 1.73. The molecule has 41 heavy (non-hydrogen) atoms. The fourth-order valence-corrected chi connectivity index (χ4v) is 6.19. The van der Waals surface area contributed by atoms with E-state index in [9.17, 15) is 0 Å². The second kappa shape index (κ2) is 9.96. The average molecular weight is 537 g/mol. The van der Waals surface area contributed by atoms with E-state index in [0.717, 1.165) is 11.4 Å². The van der Waals surface area contributed by atoms with Crippen LogP contribution < -0.4 is 9.80 Å². The van der Waals surface area contributed by atoms with Gasteiger partial charge in [-0.25, -0.2) is 0 Å². The quantitative estimate of drug-likeness (QED) is 0.225. The minimum Gasteiger partial charge on any atom is -0.308 e. The summed E-state index contributed by atoms with van der Waals surface area (Å²) >= 11 is 0. The van der Waals surface area contributed by atoms with Gasteiger partial charge in [-0.15, -0.1) is 0 Å². The van der Waals surface area contributed by atoms with Gasteiger partial charge in [0.15, 0.2) is 5.66 Å². The normalized spacial score (nSPS) is 14.7. The number of hydrogen-bond acceptors (Lipinski definition) is 2. The molecule has 6 rings (SSSR count). The SMILES string of the molecule is CC(C)(C)c1ccc(C2(c3ccc(C(C)(C)C)cc3)N(c3ccccc3)c3ccccc3N2c2ccccc2)cc1. The molecule has 5 aromatic carbocycles. The highest BCUT2D eigenvalue weighted by Gasteiger charge is 2.53. The highest BCUT2D eigenvalue weighted by atomic mass is 15.5. The summed E-state index contributed by atoms with van der Waals surface area (Å²) < 4.78 is 0. The zero-order chi connectivity index (χ0) is 28.8. The van der Waals surface area contributed by atoms with Gasteiger partial charge in [-0.2, -0.15) is 0 Å². The van der Waals surface area contributed by atoms with E-state index in [1.165, 1.54) is 33.6 Å². The Morgan fingerprint density at radius 1 is 0.390 bits per heavy atom. The average Bonchev–Trinajstić information content (AvgIpc) is 3.29. The van der Waals surface area contributed by atoms with E-state index < -0.39 is 5.66 Å². The maximum atomic E-state index is 2.54. The molecular weight excluding hydrogens is 496 g/mol. The van der Waals surface area contributed by atoms with Gasteiger partial charge in [0, 0.05) is 22.5 Å². The Bertz CT molecular complexity index is 1500. The van der Waals surface area contributed by atoms with Crippen LogP contribution in [0.4, 0.5) is 22.7 Å². The molecule has 2 nitrogen and oxygen atoms in total. The minimum atomic E-state index is -0.667. The third kappa shape index (κ3) is 4.52. The number of hydrogen-bond donors (Lipinski definition) is 0. The van der Waals surface area contributed by atoms with Gasteiger partial charge in [0.05, 0.1) is 11.4 Å². The van der Waals surface area contributed by atoms with Gasteiger partial charge in [-0.05, 0) is 58.4 Å². The number of rotatable bonds is 4. The van der Waals surface area contributed by atoms with Gasteiger partial charge in [0.1, 0.15) is 0 Å². The number of para-hydroxylation sites is 4. The van der Waals surface area contributed by atoms with E-state index in [-0.39, 0.29) is 10.8 Å². The highest BCUT2D eigenvalue weighted by molar-refractivity contribution is 5.92. The van der Waals surface area contributed by atoms with Crippen LogP contribution in [-0.4, -0.2) is 0 Å². The molecule has 0 radical (unpaired) electrons. The number of anilines is 4. The monoisotopic (exact) mass is 536 g/mol. The van der Waals surface area contributed by atoms with Crippen molar-refractivity contribution in [1.29, 1.82) is 0 Å². The first-order chi connectivity index (χ1) is 19.6. The molecule has 0 unspecified atom stereocenters. The number of benzene rings is 5. The molecule has 1 aliphatic heterocycles. The predicted octanol–water partition coefficient (Wildman–Crippen LogP) is 10.5. The summed E-state index contributed by atoms with van der Waals surface area (Å²) in [5.74, 6) is 0. The molecule has 0 fully saturated rings. The van der Waals surface area contributed by atoms with Gasteiger partial charge < -0.3 is 9.80 Å². The molecule has 0 atom stereocenters. The summed E-state index contributed by atoms with van der Waals surface area (Å²) in [5.41, 5.74) is 9.23. The smallest absolute Gasteiger partial charge is 0.175 e. The van der Waals surface area contributed by atoms with Gasteiger partial charge >= 0.3 is 0 Å². The second-order valence-electron chi connectivity index (χ2n) is 13.2. The largest absolute Gasteiger partial charge is 0.308 e. The predicted molar refractivity (Wildman–Crippen MR) is 175 cm³/mol.